The molecule has 1 aliphatic rings. The fraction of sp³-hybridized carbons (Fsp3) is 0.154. The molecule has 1 N–H and O–H groups in total. The molecule has 2 amide bonds. The lowest BCUT2D eigenvalue weighted by atomic mass is 10.0. The van der Waals surface area contributed by atoms with E-state index in [1.807, 2.05) is 43.3 Å². The molecule has 5 nitrogen and oxygen atoms in total. The summed E-state index contributed by atoms with van der Waals surface area (Å²) in [7, 11) is 1.55. The van der Waals surface area contributed by atoms with Crippen molar-refractivity contribution < 1.29 is 18.7 Å². The van der Waals surface area contributed by atoms with Crippen LogP contribution < -0.4 is 10.1 Å². The topological polar surface area (TPSA) is 58.6 Å². The molecule has 0 aliphatic carbocycles. The molecule has 162 valence electrons. The van der Waals surface area contributed by atoms with Crippen LogP contribution in [0.15, 0.2) is 78.5 Å². The number of hydrogen-bond acceptors (Lipinski definition) is 4. The van der Waals surface area contributed by atoms with Crippen molar-refractivity contribution in [3.63, 3.8) is 0 Å². The normalized spacial score (nSPS) is 13.7. The molecule has 32 heavy (non-hydrogen) atoms. The molecule has 0 saturated carbocycles. The summed E-state index contributed by atoms with van der Waals surface area (Å²) >= 11 is 0. The van der Waals surface area contributed by atoms with Gasteiger partial charge in [-0.1, -0.05) is 48.5 Å². The first kappa shape index (κ1) is 21.3. The van der Waals surface area contributed by atoms with Gasteiger partial charge in [-0.2, -0.15) is 0 Å². The van der Waals surface area contributed by atoms with Crippen LogP contribution in [0.1, 0.15) is 16.7 Å². The van der Waals surface area contributed by atoms with Crippen LogP contribution in [0, 0.1) is 12.7 Å². The van der Waals surface area contributed by atoms with Gasteiger partial charge in [0, 0.05) is 6.54 Å². The highest BCUT2D eigenvalue weighted by atomic mass is 19.1. The van der Waals surface area contributed by atoms with E-state index >= 15 is 0 Å². The summed E-state index contributed by atoms with van der Waals surface area (Å²) in [5, 5.41) is 3.16. The molecule has 0 unspecified atom stereocenters. The molecule has 0 bridgehead atoms. The summed E-state index contributed by atoms with van der Waals surface area (Å²) in [6, 6.07) is 20.8. The molecule has 0 aromatic heterocycles. The Morgan fingerprint density at radius 1 is 0.938 bits per heavy atom. The maximum atomic E-state index is 13.3. The largest absolute Gasteiger partial charge is 0.495 e. The van der Waals surface area contributed by atoms with E-state index in [1.54, 1.807) is 31.4 Å². The van der Waals surface area contributed by atoms with E-state index in [0.717, 1.165) is 11.1 Å². The van der Waals surface area contributed by atoms with E-state index in [1.165, 1.54) is 17.0 Å². The van der Waals surface area contributed by atoms with Gasteiger partial charge in [-0.15, -0.1) is 0 Å². The summed E-state index contributed by atoms with van der Waals surface area (Å²) in [5.74, 6) is -0.522. The van der Waals surface area contributed by atoms with Gasteiger partial charge in [-0.05, 0) is 54.3 Å². The lowest BCUT2D eigenvalue weighted by Gasteiger charge is -2.16. The molecule has 0 fully saturated rings. The number of benzene rings is 3. The van der Waals surface area contributed by atoms with Gasteiger partial charge < -0.3 is 10.1 Å². The number of imide groups is 1. The minimum Gasteiger partial charge on any atom is -0.495 e. The molecule has 1 heterocycles. The van der Waals surface area contributed by atoms with Crippen LogP contribution in [0.5, 0.6) is 5.75 Å². The summed E-state index contributed by atoms with van der Waals surface area (Å²) in [5.41, 5.74) is 3.62. The first-order valence-electron chi connectivity index (χ1n) is 10.3. The van der Waals surface area contributed by atoms with Crippen molar-refractivity contribution in [1.29, 1.82) is 0 Å². The predicted molar refractivity (Wildman–Crippen MR) is 122 cm³/mol. The van der Waals surface area contributed by atoms with E-state index < -0.39 is 5.91 Å². The number of amides is 2. The average Bonchev–Trinajstić information content (AvgIpc) is 3.03. The Balaban J connectivity index is 1.68. The molecular formula is C26H23FN2O3. The van der Waals surface area contributed by atoms with E-state index in [9.17, 15) is 14.0 Å². The predicted octanol–water partition coefficient (Wildman–Crippen LogP) is 4.58. The number of aryl methyl sites for hydroxylation is 1. The number of carbonyl (C=O) groups excluding carboxylic acids is 2. The second-order valence-corrected chi connectivity index (χ2v) is 7.58. The fourth-order valence-corrected chi connectivity index (χ4v) is 3.71. The van der Waals surface area contributed by atoms with Crippen molar-refractivity contribution in [1.82, 2.24) is 4.90 Å². The van der Waals surface area contributed by atoms with Gasteiger partial charge in [0.25, 0.3) is 11.8 Å². The van der Waals surface area contributed by atoms with E-state index in [2.05, 4.69) is 5.32 Å². The van der Waals surface area contributed by atoms with Crippen molar-refractivity contribution in [3.8, 4) is 5.75 Å². The van der Waals surface area contributed by atoms with Gasteiger partial charge in [-0.25, -0.2) is 4.39 Å². The van der Waals surface area contributed by atoms with Gasteiger partial charge >= 0.3 is 0 Å². The highest BCUT2D eigenvalue weighted by Gasteiger charge is 2.39. The highest BCUT2D eigenvalue weighted by Crippen LogP contribution is 2.33. The van der Waals surface area contributed by atoms with Crippen molar-refractivity contribution >= 4 is 23.1 Å². The van der Waals surface area contributed by atoms with E-state index in [4.69, 9.17) is 4.74 Å². The molecule has 4 rings (SSSR count). The zero-order chi connectivity index (χ0) is 22.7. The van der Waals surface area contributed by atoms with Gasteiger partial charge in [-0.3, -0.25) is 14.5 Å². The van der Waals surface area contributed by atoms with Crippen molar-refractivity contribution in [2.45, 2.75) is 13.3 Å². The molecule has 0 radical (unpaired) electrons. The van der Waals surface area contributed by atoms with Crippen LogP contribution >= 0.6 is 0 Å². The van der Waals surface area contributed by atoms with Crippen molar-refractivity contribution in [2.75, 3.05) is 19.0 Å². The molecular weight excluding hydrogens is 407 g/mol. The smallest absolute Gasteiger partial charge is 0.278 e. The average molecular weight is 430 g/mol. The zero-order valence-electron chi connectivity index (χ0n) is 17.9. The second kappa shape index (κ2) is 9.06. The lowest BCUT2D eigenvalue weighted by Crippen LogP contribution is -2.34. The molecule has 6 heteroatoms. The molecule has 3 aromatic carbocycles. The molecule has 0 spiro atoms. The number of nitrogens with one attached hydrogen (secondary N) is 1. The van der Waals surface area contributed by atoms with Crippen LogP contribution in [-0.2, 0) is 16.0 Å². The third-order valence-corrected chi connectivity index (χ3v) is 5.38. The third-order valence-electron chi connectivity index (χ3n) is 5.38. The molecule has 3 aromatic rings. The number of halogens is 1. The van der Waals surface area contributed by atoms with Crippen molar-refractivity contribution in [3.05, 3.63) is 101 Å². The zero-order valence-corrected chi connectivity index (χ0v) is 17.9. The monoisotopic (exact) mass is 430 g/mol. The van der Waals surface area contributed by atoms with Crippen LogP contribution in [0.25, 0.3) is 5.57 Å². The Morgan fingerprint density at radius 3 is 2.34 bits per heavy atom. The number of rotatable bonds is 7. The fourth-order valence-electron chi connectivity index (χ4n) is 3.71. The first-order chi connectivity index (χ1) is 15.5. The molecule has 0 saturated heterocycles. The second-order valence-electron chi connectivity index (χ2n) is 7.58. The van der Waals surface area contributed by atoms with Crippen LogP contribution in [-0.4, -0.2) is 30.4 Å². The minimum atomic E-state index is -0.403. The minimum absolute atomic E-state index is 0.190. The Morgan fingerprint density at radius 2 is 1.66 bits per heavy atom. The SMILES string of the molecule is COc1ccc(C)cc1NC1=C(c2ccccc2)C(=O)N(CCc2ccc(F)cc2)C1=O. The molecule has 0 atom stereocenters. The van der Waals surface area contributed by atoms with Crippen LogP contribution in [0.3, 0.4) is 0 Å². The number of nitrogens with zero attached hydrogens (tertiary/aromatic N) is 1. The number of carbonyl (C=O) groups is 2. The molecule has 1 aliphatic heterocycles. The summed E-state index contributed by atoms with van der Waals surface area (Å²) in [6.45, 7) is 2.13. The summed E-state index contributed by atoms with van der Waals surface area (Å²) < 4.78 is 18.6. The third kappa shape index (κ3) is 4.25. The maximum Gasteiger partial charge on any atom is 0.278 e. The van der Waals surface area contributed by atoms with Gasteiger partial charge in [0.1, 0.15) is 17.3 Å². The highest BCUT2D eigenvalue weighted by molar-refractivity contribution is 6.36. The van der Waals surface area contributed by atoms with E-state index in [-0.39, 0.29) is 24.0 Å². The quantitative estimate of drug-likeness (QED) is 0.558. The Labute approximate surface area is 186 Å². The standard InChI is InChI=1S/C26H23FN2O3/c1-17-8-13-22(32-2)21(16-17)28-24-23(19-6-4-3-5-7-19)25(30)29(26(24)31)15-14-18-9-11-20(27)12-10-18/h3-13,16,28H,14-15H2,1-2H3. The first-order valence-corrected chi connectivity index (χ1v) is 10.3. The number of hydrogen-bond donors (Lipinski definition) is 1. The van der Waals surface area contributed by atoms with Crippen molar-refractivity contribution in [2.24, 2.45) is 0 Å². The van der Waals surface area contributed by atoms with E-state index in [0.29, 0.717) is 29.0 Å². The Kier molecular flexibility index (Phi) is 6.03. The lowest BCUT2D eigenvalue weighted by molar-refractivity contribution is -0.136. The van der Waals surface area contributed by atoms with Crippen LogP contribution in [0.2, 0.25) is 0 Å². The van der Waals surface area contributed by atoms with Crippen LogP contribution in [0.4, 0.5) is 10.1 Å². The number of methoxy groups -OCH3 is 1. The van der Waals surface area contributed by atoms with Gasteiger partial charge in [0.15, 0.2) is 0 Å². The summed E-state index contributed by atoms with van der Waals surface area (Å²) in [6.07, 6.45) is 0.431. The van der Waals surface area contributed by atoms with Gasteiger partial charge in [0.05, 0.1) is 18.4 Å². The van der Waals surface area contributed by atoms with Gasteiger partial charge in [0.2, 0.25) is 0 Å². The Hall–Kier alpha value is -3.93. The number of ether oxygens (including phenoxy) is 1. The maximum absolute atomic E-state index is 13.3. The Bertz CT molecular complexity index is 1190. The number of anilines is 1. The summed E-state index contributed by atoms with van der Waals surface area (Å²) in [4.78, 5) is 27.9.